The molecule has 28 heavy (non-hydrogen) atoms. The normalized spacial score (nSPS) is 14.1. The van der Waals surface area contributed by atoms with Gasteiger partial charge in [0.1, 0.15) is 23.1 Å². The number of anilines is 1. The molecule has 138 valence electrons. The predicted molar refractivity (Wildman–Crippen MR) is 102 cm³/mol. The van der Waals surface area contributed by atoms with Crippen molar-refractivity contribution < 1.29 is 4.52 Å². The lowest BCUT2D eigenvalue weighted by atomic mass is 10.2. The van der Waals surface area contributed by atoms with E-state index in [-0.39, 0.29) is 0 Å². The van der Waals surface area contributed by atoms with Gasteiger partial charge in [-0.15, -0.1) is 5.10 Å². The van der Waals surface area contributed by atoms with Gasteiger partial charge in [0.25, 0.3) is 0 Å². The fraction of sp³-hybridized carbons (Fsp3) is 0.211. The maximum absolute atomic E-state index is 5.23. The van der Waals surface area contributed by atoms with E-state index in [4.69, 9.17) is 9.51 Å². The third kappa shape index (κ3) is 2.16. The van der Waals surface area contributed by atoms with Crippen molar-refractivity contribution in [3.05, 3.63) is 54.3 Å². The summed E-state index contributed by atoms with van der Waals surface area (Å²) in [6.45, 7) is 4.30. The lowest BCUT2D eigenvalue weighted by Crippen LogP contribution is -2.34. The molecule has 5 heterocycles. The first-order valence-corrected chi connectivity index (χ1v) is 9.11. The van der Waals surface area contributed by atoms with Crippen LogP contribution in [0.4, 0.5) is 5.82 Å². The highest BCUT2D eigenvalue weighted by Gasteiger charge is 2.23. The van der Waals surface area contributed by atoms with Crippen LogP contribution in [0.2, 0.25) is 0 Å². The Morgan fingerprint density at radius 3 is 2.96 bits per heavy atom. The first-order chi connectivity index (χ1) is 13.8. The van der Waals surface area contributed by atoms with Crippen molar-refractivity contribution in [2.24, 2.45) is 0 Å². The van der Waals surface area contributed by atoms with Gasteiger partial charge in [0.2, 0.25) is 0 Å². The van der Waals surface area contributed by atoms with Gasteiger partial charge in [0.05, 0.1) is 12.1 Å². The molecule has 9 nitrogen and oxygen atoms in total. The van der Waals surface area contributed by atoms with E-state index in [2.05, 4.69) is 36.0 Å². The molecule has 4 aromatic heterocycles. The molecule has 5 aromatic rings. The lowest BCUT2D eigenvalue weighted by molar-refractivity contribution is 0.399. The molecule has 1 aliphatic rings. The van der Waals surface area contributed by atoms with E-state index in [0.717, 1.165) is 41.4 Å². The number of hydrogen-bond donors (Lipinski definition) is 0. The van der Waals surface area contributed by atoms with Gasteiger partial charge in [-0.05, 0) is 19.1 Å². The highest BCUT2D eigenvalue weighted by atomic mass is 16.5. The largest absolute Gasteiger partial charge is 0.361 e. The minimum atomic E-state index is 0.613. The zero-order valence-electron chi connectivity index (χ0n) is 15.1. The monoisotopic (exact) mass is 372 g/mol. The van der Waals surface area contributed by atoms with E-state index in [1.807, 2.05) is 43.6 Å². The number of hydrogen-bond acceptors (Lipinski definition) is 7. The van der Waals surface area contributed by atoms with Gasteiger partial charge in [-0.1, -0.05) is 22.5 Å². The van der Waals surface area contributed by atoms with Crippen molar-refractivity contribution in [3.8, 4) is 11.4 Å². The van der Waals surface area contributed by atoms with Crippen LogP contribution in [0.3, 0.4) is 0 Å². The van der Waals surface area contributed by atoms with Gasteiger partial charge in [0, 0.05) is 36.9 Å². The summed E-state index contributed by atoms with van der Waals surface area (Å²) in [5, 5.41) is 13.8. The van der Waals surface area contributed by atoms with Crippen molar-refractivity contribution in [1.82, 2.24) is 34.5 Å². The van der Waals surface area contributed by atoms with Crippen LogP contribution >= 0.6 is 0 Å². The molecule has 1 aromatic carbocycles. The van der Waals surface area contributed by atoms with Crippen LogP contribution in [0.5, 0.6) is 0 Å². The molecule has 0 fully saturated rings. The molecule has 1 aliphatic heterocycles. The number of nitrogens with zero attached hydrogens (tertiary/aromatic N) is 8. The number of rotatable bonds is 2. The summed E-state index contributed by atoms with van der Waals surface area (Å²) >= 11 is 0. The highest BCUT2D eigenvalue weighted by Crippen LogP contribution is 2.31. The van der Waals surface area contributed by atoms with Gasteiger partial charge in [0.15, 0.2) is 11.3 Å². The Balaban J connectivity index is 1.59. The molecule has 0 aliphatic carbocycles. The summed E-state index contributed by atoms with van der Waals surface area (Å²) in [4.78, 5) is 11.7. The average Bonchev–Trinajstić information content (AvgIpc) is 3.45. The summed E-state index contributed by atoms with van der Waals surface area (Å²) in [5.74, 6) is 2.66. The molecule has 0 radical (unpaired) electrons. The second-order valence-electron chi connectivity index (χ2n) is 6.91. The van der Waals surface area contributed by atoms with Crippen LogP contribution in [0.25, 0.3) is 27.9 Å². The van der Waals surface area contributed by atoms with Crippen molar-refractivity contribution >= 4 is 22.4 Å². The van der Waals surface area contributed by atoms with Gasteiger partial charge >= 0.3 is 0 Å². The average molecular weight is 372 g/mol. The maximum Gasteiger partial charge on any atom is 0.188 e. The molecule has 0 spiro atoms. The summed E-state index contributed by atoms with van der Waals surface area (Å²) in [5.41, 5.74) is 2.86. The van der Waals surface area contributed by atoms with Crippen molar-refractivity contribution in [3.63, 3.8) is 0 Å². The van der Waals surface area contributed by atoms with E-state index in [0.29, 0.717) is 23.6 Å². The molecule has 0 atom stereocenters. The van der Waals surface area contributed by atoms with Crippen molar-refractivity contribution in [2.75, 3.05) is 11.4 Å². The van der Waals surface area contributed by atoms with Crippen LogP contribution in [0.1, 0.15) is 11.6 Å². The number of aromatic nitrogens is 7. The molecule has 6 rings (SSSR count). The topological polar surface area (TPSA) is 90.2 Å². The van der Waals surface area contributed by atoms with Crippen molar-refractivity contribution in [1.29, 1.82) is 0 Å². The van der Waals surface area contributed by atoms with Crippen LogP contribution in [0.15, 0.2) is 47.2 Å². The fourth-order valence-corrected chi connectivity index (χ4v) is 3.79. The Bertz CT molecular complexity index is 1330. The van der Waals surface area contributed by atoms with Crippen LogP contribution in [0, 0.1) is 6.92 Å². The Labute approximate surface area is 159 Å². The molecule has 0 saturated heterocycles. The second kappa shape index (κ2) is 5.62. The van der Waals surface area contributed by atoms with Crippen molar-refractivity contribution in [2.45, 2.75) is 20.0 Å². The van der Waals surface area contributed by atoms with Crippen LogP contribution in [-0.2, 0) is 13.1 Å². The Morgan fingerprint density at radius 1 is 1.14 bits per heavy atom. The number of fused-ring (bicyclic) bond motifs is 4. The molecule has 9 heteroatoms. The molecular formula is C19H16N8O. The molecule has 0 saturated carbocycles. The van der Waals surface area contributed by atoms with Crippen LogP contribution in [-0.4, -0.2) is 41.1 Å². The minimum Gasteiger partial charge on any atom is -0.361 e. The SMILES string of the molecule is Cc1cc(-c2nnn3c2nc(N2CCn4ccnc4C2)c2ccccc23)no1. The van der Waals surface area contributed by atoms with E-state index in [1.54, 1.807) is 4.52 Å². The number of para-hydroxylation sites is 1. The third-order valence-electron chi connectivity index (χ3n) is 5.15. The molecule has 0 bridgehead atoms. The van der Waals surface area contributed by atoms with Gasteiger partial charge in [-0.2, -0.15) is 4.52 Å². The zero-order chi connectivity index (χ0) is 18.7. The summed E-state index contributed by atoms with van der Waals surface area (Å²) in [7, 11) is 0. The second-order valence-corrected chi connectivity index (χ2v) is 6.91. The minimum absolute atomic E-state index is 0.613. The van der Waals surface area contributed by atoms with Gasteiger partial charge in [-0.25, -0.2) is 9.97 Å². The summed E-state index contributed by atoms with van der Waals surface area (Å²) < 4.78 is 9.17. The smallest absolute Gasteiger partial charge is 0.188 e. The lowest BCUT2D eigenvalue weighted by Gasteiger charge is -2.29. The fourth-order valence-electron chi connectivity index (χ4n) is 3.79. The van der Waals surface area contributed by atoms with Gasteiger partial charge < -0.3 is 14.0 Å². The Hall–Kier alpha value is -3.75. The van der Waals surface area contributed by atoms with E-state index in [9.17, 15) is 0 Å². The molecule has 0 N–H and O–H groups in total. The Kier molecular flexibility index (Phi) is 3.08. The predicted octanol–water partition coefficient (Wildman–Crippen LogP) is 2.46. The van der Waals surface area contributed by atoms with Crippen LogP contribution < -0.4 is 4.90 Å². The molecule has 0 unspecified atom stereocenters. The van der Waals surface area contributed by atoms with E-state index in [1.165, 1.54) is 0 Å². The first-order valence-electron chi connectivity index (χ1n) is 9.11. The maximum atomic E-state index is 5.23. The van der Waals surface area contributed by atoms with E-state index >= 15 is 0 Å². The molecule has 0 amide bonds. The summed E-state index contributed by atoms with van der Waals surface area (Å²) in [6.07, 6.45) is 3.87. The first kappa shape index (κ1) is 15.3. The standard InChI is InChI=1S/C19H16N8O/c1-12-10-14(23-28-12)17-19-21-18(26-9-8-25-7-6-20-16(25)11-26)13-4-2-3-5-15(13)27(19)24-22-17/h2-7,10H,8-9,11H2,1H3. The Morgan fingerprint density at radius 2 is 2.07 bits per heavy atom. The highest BCUT2D eigenvalue weighted by molar-refractivity contribution is 5.93. The molecular weight excluding hydrogens is 356 g/mol. The summed E-state index contributed by atoms with van der Waals surface area (Å²) in [6, 6.07) is 9.96. The number of imidazole rings is 1. The number of benzene rings is 1. The van der Waals surface area contributed by atoms with Gasteiger partial charge in [-0.3, -0.25) is 0 Å². The third-order valence-corrected chi connectivity index (χ3v) is 5.15. The number of aryl methyl sites for hydroxylation is 1. The quantitative estimate of drug-likeness (QED) is 0.470. The zero-order valence-corrected chi connectivity index (χ0v) is 15.1. The van der Waals surface area contributed by atoms with E-state index < -0.39 is 0 Å².